The number of phenols is 1. The van der Waals surface area contributed by atoms with Crippen LogP contribution in [0.15, 0.2) is 50.9 Å². The minimum absolute atomic E-state index is 0.0511. The lowest BCUT2D eigenvalue weighted by Crippen LogP contribution is -2.13. The van der Waals surface area contributed by atoms with Crippen LogP contribution in [0.5, 0.6) is 11.5 Å². The summed E-state index contributed by atoms with van der Waals surface area (Å²) in [4.78, 5) is 12.3. The Labute approximate surface area is 162 Å². The van der Waals surface area contributed by atoms with Gasteiger partial charge < -0.3 is 15.2 Å². The van der Waals surface area contributed by atoms with Crippen LogP contribution >= 0.6 is 31.9 Å². The monoisotopic (exact) mass is 464 g/mol. The summed E-state index contributed by atoms with van der Waals surface area (Å²) in [6.45, 7) is 2.44. The van der Waals surface area contributed by atoms with E-state index in [2.05, 4.69) is 37.2 Å². The number of nitrogens with one attached hydrogen (secondary N) is 1. The van der Waals surface area contributed by atoms with Crippen LogP contribution < -0.4 is 10.1 Å². The van der Waals surface area contributed by atoms with E-state index in [-0.39, 0.29) is 11.3 Å². The van der Waals surface area contributed by atoms with Gasteiger partial charge in [-0.2, -0.15) is 5.26 Å². The number of ether oxygens (including phenoxy) is 1. The third-order valence-electron chi connectivity index (χ3n) is 3.15. The van der Waals surface area contributed by atoms with Crippen LogP contribution in [0.1, 0.15) is 12.5 Å². The molecule has 2 N–H and O–H groups in total. The Morgan fingerprint density at radius 2 is 2.00 bits per heavy atom. The fraction of sp³-hybridized carbons (Fsp3) is 0.111. The van der Waals surface area contributed by atoms with Crippen molar-refractivity contribution < 1.29 is 14.6 Å². The zero-order chi connectivity index (χ0) is 18.4. The van der Waals surface area contributed by atoms with Crippen LogP contribution in [-0.4, -0.2) is 17.6 Å². The molecule has 0 radical (unpaired) electrons. The van der Waals surface area contributed by atoms with Gasteiger partial charge in [-0.3, -0.25) is 4.79 Å². The molecule has 0 aliphatic rings. The van der Waals surface area contributed by atoms with Gasteiger partial charge in [-0.15, -0.1) is 0 Å². The normalized spacial score (nSPS) is 10.9. The summed E-state index contributed by atoms with van der Waals surface area (Å²) in [6.07, 6.45) is 1.33. The van der Waals surface area contributed by atoms with E-state index in [1.54, 1.807) is 36.4 Å². The van der Waals surface area contributed by atoms with Crippen molar-refractivity contribution in [2.75, 3.05) is 11.9 Å². The van der Waals surface area contributed by atoms with Gasteiger partial charge in [-0.1, -0.05) is 15.9 Å². The van der Waals surface area contributed by atoms with Crippen molar-refractivity contribution in [1.82, 2.24) is 0 Å². The number of rotatable bonds is 5. The van der Waals surface area contributed by atoms with Gasteiger partial charge in [0.25, 0.3) is 5.91 Å². The molecule has 0 aliphatic heterocycles. The van der Waals surface area contributed by atoms with E-state index in [9.17, 15) is 15.2 Å². The number of nitriles is 1. The molecule has 5 nitrogen and oxygen atoms in total. The van der Waals surface area contributed by atoms with E-state index in [1.165, 1.54) is 6.08 Å². The highest BCUT2D eigenvalue weighted by Gasteiger charge is 2.13. The van der Waals surface area contributed by atoms with Gasteiger partial charge in [0, 0.05) is 15.7 Å². The van der Waals surface area contributed by atoms with E-state index < -0.39 is 5.91 Å². The summed E-state index contributed by atoms with van der Waals surface area (Å²) in [5.41, 5.74) is 0.753. The average molecular weight is 466 g/mol. The van der Waals surface area contributed by atoms with Crippen molar-refractivity contribution in [3.63, 3.8) is 0 Å². The first-order chi connectivity index (χ1) is 11.9. The number of aromatic hydroxyl groups is 1. The topological polar surface area (TPSA) is 82.3 Å². The Morgan fingerprint density at radius 3 is 2.60 bits per heavy atom. The van der Waals surface area contributed by atoms with Gasteiger partial charge in [0.05, 0.1) is 11.1 Å². The molecular formula is C18H14Br2N2O3. The Hall–Kier alpha value is -2.30. The van der Waals surface area contributed by atoms with E-state index in [4.69, 9.17) is 4.74 Å². The second-order valence-electron chi connectivity index (χ2n) is 4.91. The Morgan fingerprint density at radius 1 is 1.32 bits per heavy atom. The van der Waals surface area contributed by atoms with E-state index in [0.29, 0.717) is 32.6 Å². The molecule has 2 aromatic carbocycles. The molecule has 7 heteroatoms. The van der Waals surface area contributed by atoms with Crippen LogP contribution in [0, 0.1) is 11.3 Å². The highest BCUT2D eigenvalue weighted by Crippen LogP contribution is 2.33. The van der Waals surface area contributed by atoms with Crippen molar-refractivity contribution in [3.05, 3.63) is 56.5 Å². The summed E-state index contributed by atoms with van der Waals surface area (Å²) in [6, 6.07) is 12.0. The van der Waals surface area contributed by atoms with Crippen molar-refractivity contribution in [3.8, 4) is 17.6 Å². The molecule has 25 heavy (non-hydrogen) atoms. The summed E-state index contributed by atoms with van der Waals surface area (Å²) < 4.78 is 6.49. The molecule has 0 unspecified atom stereocenters. The number of nitrogens with zero attached hydrogens (tertiary/aromatic N) is 1. The second-order valence-corrected chi connectivity index (χ2v) is 6.68. The molecule has 0 spiro atoms. The lowest BCUT2D eigenvalue weighted by Gasteiger charge is -2.07. The van der Waals surface area contributed by atoms with Crippen LogP contribution in [0.25, 0.3) is 6.08 Å². The number of halogens is 2. The maximum Gasteiger partial charge on any atom is 0.266 e. The highest BCUT2D eigenvalue weighted by molar-refractivity contribution is 9.11. The molecule has 0 aliphatic carbocycles. The van der Waals surface area contributed by atoms with Gasteiger partial charge in [0.15, 0.2) is 0 Å². The average Bonchev–Trinajstić information content (AvgIpc) is 2.58. The van der Waals surface area contributed by atoms with Gasteiger partial charge in [0.1, 0.15) is 23.1 Å². The lowest BCUT2D eigenvalue weighted by atomic mass is 10.1. The first kappa shape index (κ1) is 19.0. The van der Waals surface area contributed by atoms with Crippen molar-refractivity contribution in [2.24, 2.45) is 0 Å². The first-order valence-corrected chi connectivity index (χ1v) is 8.87. The molecular weight excluding hydrogens is 452 g/mol. The Bertz CT molecular complexity index is 856. The number of phenolic OH excluding ortho intramolecular Hbond substituents is 1. The standard InChI is InChI=1S/C18H14Br2N2O3/c1-2-25-15-5-3-14(4-6-15)22-18(24)12(10-21)7-11-8-13(19)9-16(20)17(11)23/h3-9,23H,2H2,1H3,(H,22,24)/b12-7+. The zero-order valence-corrected chi connectivity index (χ0v) is 16.4. The van der Waals surface area contributed by atoms with E-state index in [1.807, 2.05) is 13.0 Å². The molecule has 0 heterocycles. The molecule has 0 atom stereocenters. The molecule has 0 aromatic heterocycles. The van der Waals surface area contributed by atoms with E-state index in [0.717, 1.165) is 0 Å². The smallest absolute Gasteiger partial charge is 0.266 e. The number of anilines is 1. The highest BCUT2D eigenvalue weighted by atomic mass is 79.9. The molecule has 0 saturated heterocycles. The van der Waals surface area contributed by atoms with Crippen LogP contribution in [0.2, 0.25) is 0 Å². The summed E-state index contributed by atoms with van der Waals surface area (Å²) >= 11 is 6.52. The van der Waals surface area contributed by atoms with Crippen molar-refractivity contribution in [2.45, 2.75) is 6.92 Å². The number of carbonyl (C=O) groups excluding carboxylic acids is 1. The minimum Gasteiger partial charge on any atom is -0.506 e. The SMILES string of the molecule is CCOc1ccc(NC(=O)/C(C#N)=C/c2cc(Br)cc(Br)c2O)cc1. The van der Waals surface area contributed by atoms with Gasteiger partial charge >= 0.3 is 0 Å². The summed E-state index contributed by atoms with van der Waals surface area (Å²) in [5.74, 6) is 0.0763. The number of amides is 1. The predicted octanol–water partition coefficient (Wildman–Crippen LogP) is 4.86. The van der Waals surface area contributed by atoms with Crippen LogP contribution in [0.3, 0.4) is 0 Å². The lowest BCUT2D eigenvalue weighted by molar-refractivity contribution is -0.112. The van der Waals surface area contributed by atoms with Crippen molar-refractivity contribution in [1.29, 1.82) is 5.26 Å². The van der Waals surface area contributed by atoms with Gasteiger partial charge in [-0.25, -0.2) is 0 Å². The number of carbonyl (C=O) groups is 1. The number of hydrogen-bond donors (Lipinski definition) is 2. The Kier molecular flexibility index (Phi) is 6.62. The molecule has 128 valence electrons. The zero-order valence-electron chi connectivity index (χ0n) is 13.2. The predicted molar refractivity (Wildman–Crippen MR) is 103 cm³/mol. The molecule has 1 amide bonds. The maximum absolute atomic E-state index is 12.3. The third kappa shape index (κ3) is 5.08. The minimum atomic E-state index is -0.567. The first-order valence-electron chi connectivity index (χ1n) is 7.28. The van der Waals surface area contributed by atoms with Gasteiger partial charge in [0.2, 0.25) is 0 Å². The van der Waals surface area contributed by atoms with E-state index >= 15 is 0 Å². The quantitative estimate of drug-likeness (QED) is 0.487. The molecule has 0 saturated carbocycles. The third-order valence-corrected chi connectivity index (χ3v) is 4.21. The molecule has 2 aromatic rings. The molecule has 0 bridgehead atoms. The van der Waals surface area contributed by atoms with Crippen LogP contribution in [-0.2, 0) is 4.79 Å². The van der Waals surface area contributed by atoms with Crippen LogP contribution in [0.4, 0.5) is 5.69 Å². The van der Waals surface area contributed by atoms with Crippen molar-refractivity contribution >= 4 is 49.5 Å². The summed E-state index contributed by atoms with van der Waals surface area (Å²) in [7, 11) is 0. The number of benzene rings is 2. The largest absolute Gasteiger partial charge is 0.506 e. The summed E-state index contributed by atoms with van der Waals surface area (Å²) in [5, 5.41) is 22.0. The fourth-order valence-electron chi connectivity index (χ4n) is 2.00. The fourth-order valence-corrected chi connectivity index (χ4v) is 3.26. The molecule has 2 rings (SSSR count). The van der Waals surface area contributed by atoms with Gasteiger partial charge in [-0.05, 0) is 65.3 Å². The second kappa shape index (κ2) is 8.70. The number of hydrogen-bond acceptors (Lipinski definition) is 4. The molecule has 0 fully saturated rings. The maximum atomic E-state index is 12.3. The Balaban J connectivity index is 2.23.